The molecular formula is C6H11O3. The van der Waals surface area contributed by atoms with Crippen molar-refractivity contribution < 1.29 is 15.0 Å². The Kier molecular flexibility index (Phi) is 3.42. The van der Waals surface area contributed by atoms with Crippen LogP contribution in [0.25, 0.3) is 0 Å². The van der Waals surface area contributed by atoms with Gasteiger partial charge in [0.1, 0.15) is 12.7 Å². The molecule has 9 heavy (non-hydrogen) atoms. The van der Waals surface area contributed by atoms with Gasteiger partial charge >= 0.3 is 0 Å². The fourth-order valence-corrected chi connectivity index (χ4v) is 0.411. The van der Waals surface area contributed by atoms with E-state index in [0.29, 0.717) is 0 Å². The molecule has 2 unspecified atom stereocenters. The lowest BCUT2D eigenvalue weighted by molar-refractivity contribution is -0.131. The molecule has 0 aliphatic carbocycles. The highest BCUT2D eigenvalue weighted by Gasteiger charge is 2.16. The van der Waals surface area contributed by atoms with Gasteiger partial charge < -0.3 is 10.2 Å². The van der Waals surface area contributed by atoms with Crippen LogP contribution in [0, 0.1) is 12.8 Å². The first-order chi connectivity index (χ1) is 4.09. The second-order valence-corrected chi connectivity index (χ2v) is 2.05. The summed E-state index contributed by atoms with van der Waals surface area (Å²) < 4.78 is 0. The highest BCUT2D eigenvalue weighted by molar-refractivity contribution is 5.84. The summed E-state index contributed by atoms with van der Waals surface area (Å²) in [5.74, 6) is -0.929. The van der Waals surface area contributed by atoms with Crippen LogP contribution in [0.3, 0.4) is 0 Å². The van der Waals surface area contributed by atoms with E-state index in [1.165, 1.54) is 0 Å². The molecular weight excluding hydrogens is 120 g/mol. The van der Waals surface area contributed by atoms with Crippen LogP contribution < -0.4 is 0 Å². The van der Waals surface area contributed by atoms with E-state index in [-0.39, 0.29) is 5.92 Å². The van der Waals surface area contributed by atoms with Gasteiger partial charge in [-0.2, -0.15) is 0 Å². The summed E-state index contributed by atoms with van der Waals surface area (Å²) in [6.07, 6.45) is -1.12. The first-order valence-electron chi connectivity index (χ1n) is 2.74. The number of Topliss-reactive ketones (excluding diaryl/α,β-unsaturated/α-hetero) is 1. The topological polar surface area (TPSA) is 57.5 Å². The molecule has 0 aromatic rings. The van der Waals surface area contributed by atoms with Gasteiger partial charge in [-0.1, -0.05) is 6.92 Å². The molecule has 0 aliphatic rings. The van der Waals surface area contributed by atoms with E-state index in [1.807, 2.05) is 0 Å². The fourth-order valence-electron chi connectivity index (χ4n) is 0.411. The highest BCUT2D eigenvalue weighted by atomic mass is 16.3. The standard InChI is InChI=1S/C6H11O3/c1-4(2)6(9)5(8)3-7/h4,6-7,9H,1,3H2,2H3. The highest BCUT2D eigenvalue weighted by Crippen LogP contribution is 2.00. The third-order valence-electron chi connectivity index (χ3n) is 1.02. The van der Waals surface area contributed by atoms with E-state index in [4.69, 9.17) is 10.2 Å². The smallest absolute Gasteiger partial charge is 0.186 e. The molecule has 0 bridgehead atoms. The van der Waals surface area contributed by atoms with Crippen molar-refractivity contribution in [3.63, 3.8) is 0 Å². The van der Waals surface area contributed by atoms with Gasteiger partial charge in [-0.15, -0.1) is 0 Å². The monoisotopic (exact) mass is 131 g/mol. The Hall–Kier alpha value is -0.410. The normalized spacial score (nSPS) is 13.9. The van der Waals surface area contributed by atoms with Gasteiger partial charge in [0.2, 0.25) is 0 Å². The largest absolute Gasteiger partial charge is 0.388 e. The van der Waals surface area contributed by atoms with Crippen molar-refractivity contribution in [1.29, 1.82) is 0 Å². The predicted molar refractivity (Wildman–Crippen MR) is 32.6 cm³/mol. The zero-order valence-electron chi connectivity index (χ0n) is 5.37. The average molecular weight is 131 g/mol. The van der Waals surface area contributed by atoms with E-state index in [0.717, 1.165) is 0 Å². The van der Waals surface area contributed by atoms with E-state index >= 15 is 0 Å². The van der Waals surface area contributed by atoms with Gasteiger partial charge in [-0.05, 0) is 12.8 Å². The molecule has 0 amide bonds. The number of hydrogen-bond donors (Lipinski definition) is 2. The number of ketones is 1. The summed E-state index contributed by atoms with van der Waals surface area (Å²) >= 11 is 0. The molecule has 3 heteroatoms. The van der Waals surface area contributed by atoms with Gasteiger partial charge in [0.25, 0.3) is 0 Å². The minimum atomic E-state index is -1.12. The van der Waals surface area contributed by atoms with Crippen molar-refractivity contribution in [2.24, 2.45) is 5.92 Å². The van der Waals surface area contributed by atoms with Gasteiger partial charge in [-0.25, -0.2) is 0 Å². The first kappa shape index (κ1) is 8.59. The zero-order valence-corrected chi connectivity index (χ0v) is 5.37. The molecule has 0 aromatic heterocycles. The maximum atomic E-state index is 10.4. The average Bonchev–Trinajstić information content (AvgIpc) is 1.84. The maximum absolute atomic E-state index is 10.4. The lowest BCUT2D eigenvalue weighted by atomic mass is 10.0. The van der Waals surface area contributed by atoms with Crippen LogP contribution in [0.5, 0.6) is 0 Å². The summed E-state index contributed by atoms with van der Waals surface area (Å²) in [4.78, 5) is 10.4. The molecule has 2 atom stereocenters. The predicted octanol–water partition coefficient (Wildman–Crippen LogP) is -0.621. The summed E-state index contributed by atoms with van der Waals surface area (Å²) in [6.45, 7) is 4.42. The molecule has 0 saturated heterocycles. The van der Waals surface area contributed by atoms with Gasteiger partial charge in [0, 0.05) is 0 Å². The second-order valence-electron chi connectivity index (χ2n) is 2.05. The number of hydrogen-bond acceptors (Lipinski definition) is 3. The maximum Gasteiger partial charge on any atom is 0.186 e. The molecule has 0 rings (SSSR count). The molecule has 53 valence electrons. The van der Waals surface area contributed by atoms with Crippen LogP contribution in [0.1, 0.15) is 6.92 Å². The molecule has 0 aromatic carbocycles. The summed E-state index contributed by atoms with van der Waals surface area (Å²) in [7, 11) is 0. The number of carbonyl (C=O) groups is 1. The number of aliphatic hydroxyl groups is 2. The molecule has 1 radical (unpaired) electrons. The van der Waals surface area contributed by atoms with Crippen LogP contribution in [0.15, 0.2) is 0 Å². The molecule has 0 spiro atoms. The second kappa shape index (κ2) is 3.58. The minimum absolute atomic E-state index is 0.357. The van der Waals surface area contributed by atoms with Crippen molar-refractivity contribution in [3.05, 3.63) is 6.92 Å². The van der Waals surface area contributed by atoms with Gasteiger partial charge in [0.05, 0.1) is 0 Å². The van der Waals surface area contributed by atoms with E-state index in [2.05, 4.69) is 6.92 Å². The molecule has 0 fully saturated rings. The van der Waals surface area contributed by atoms with Crippen molar-refractivity contribution in [2.75, 3.05) is 6.61 Å². The summed E-state index contributed by atoms with van der Waals surface area (Å²) in [5.41, 5.74) is 0. The Morgan fingerprint density at radius 2 is 2.22 bits per heavy atom. The van der Waals surface area contributed by atoms with Crippen LogP contribution in [-0.2, 0) is 4.79 Å². The fraction of sp³-hybridized carbons (Fsp3) is 0.667. The van der Waals surface area contributed by atoms with E-state index in [9.17, 15) is 4.79 Å². The zero-order chi connectivity index (χ0) is 7.44. The quantitative estimate of drug-likeness (QED) is 0.536. The van der Waals surface area contributed by atoms with Crippen LogP contribution in [0.4, 0.5) is 0 Å². The Labute approximate surface area is 54.3 Å². The Bertz CT molecular complexity index is 98.5. The number of aliphatic hydroxyl groups excluding tert-OH is 2. The molecule has 2 N–H and O–H groups in total. The SMILES string of the molecule is [CH2]C(C)C(O)C(=O)CO. The molecule has 3 nitrogen and oxygen atoms in total. The first-order valence-corrected chi connectivity index (χ1v) is 2.74. The van der Waals surface area contributed by atoms with E-state index < -0.39 is 18.5 Å². The third-order valence-corrected chi connectivity index (χ3v) is 1.02. The van der Waals surface area contributed by atoms with Crippen molar-refractivity contribution in [2.45, 2.75) is 13.0 Å². The third kappa shape index (κ3) is 2.58. The van der Waals surface area contributed by atoms with Crippen molar-refractivity contribution >= 4 is 5.78 Å². The minimum Gasteiger partial charge on any atom is -0.388 e. The van der Waals surface area contributed by atoms with E-state index in [1.54, 1.807) is 6.92 Å². The van der Waals surface area contributed by atoms with Gasteiger partial charge in [0.15, 0.2) is 5.78 Å². The molecule has 0 heterocycles. The Morgan fingerprint density at radius 1 is 1.78 bits per heavy atom. The molecule has 0 aliphatic heterocycles. The Balaban J connectivity index is 3.72. The molecule has 0 saturated carbocycles. The van der Waals surface area contributed by atoms with Crippen LogP contribution in [-0.4, -0.2) is 28.7 Å². The summed E-state index contributed by atoms with van der Waals surface area (Å²) in [6, 6.07) is 0. The van der Waals surface area contributed by atoms with Crippen LogP contribution >= 0.6 is 0 Å². The lowest BCUT2D eigenvalue weighted by Gasteiger charge is -2.09. The van der Waals surface area contributed by atoms with Crippen molar-refractivity contribution in [3.8, 4) is 0 Å². The number of rotatable bonds is 3. The Morgan fingerprint density at radius 3 is 2.33 bits per heavy atom. The number of carbonyl (C=O) groups excluding carboxylic acids is 1. The van der Waals surface area contributed by atoms with Crippen molar-refractivity contribution in [1.82, 2.24) is 0 Å². The van der Waals surface area contributed by atoms with Gasteiger partial charge in [-0.3, -0.25) is 4.79 Å². The lowest BCUT2D eigenvalue weighted by Crippen LogP contribution is -2.28. The van der Waals surface area contributed by atoms with Crippen LogP contribution in [0.2, 0.25) is 0 Å². The summed E-state index contributed by atoms with van der Waals surface area (Å²) in [5, 5.41) is 17.0.